The second kappa shape index (κ2) is 6.37. The van der Waals surface area contributed by atoms with Crippen LogP contribution in [0.25, 0.3) is 10.6 Å². The van der Waals surface area contributed by atoms with Crippen LogP contribution < -0.4 is 10.1 Å². The number of rotatable bonds is 5. The molecule has 0 unspecified atom stereocenters. The third kappa shape index (κ3) is 3.47. The van der Waals surface area contributed by atoms with Crippen LogP contribution in [-0.2, 0) is 6.54 Å². The number of ether oxygens (including phenoxy) is 1. The van der Waals surface area contributed by atoms with Gasteiger partial charge in [0.25, 0.3) is 0 Å². The first-order valence-corrected chi connectivity index (χ1v) is 7.32. The van der Waals surface area contributed by atoms with Crippen LogP contribution in [0.5, 0.6) is 5.75 Å². The van der Waals surface area contributed by atoms with Gasteiger partial charge in [-0.15, -0.1) is 11.3 Å². The molecule has 0 spiro atoms. The molecule has 1 aromatic carbocycles. The molecule has 19 heavy (non-hydrogen) atoms. The van der Waals surface area contributed by atoms with Crippen LogP contribution in [0.4, 0.5) is 0 Å². The van der Waals surface area contributed by atoms with Crippen LogP contribution in [0.1, 0.15) is 18.7 Å². The van der Waals surface area contributed by atoms with Gasteiger partial charge in [0.2, 0.25) is 0 Å². The van der Waals surface area contributed by atoms with Crippen molar-refractivity contribution >= 4 is 22.9 Å². The molecule has 1 N–H and O–H groups in total. The lowest BCUT2D eigenvalue weighted by molar-refractivity contribution is 0.416. The minimum absolute atomic E-state index is 0.459. The Morgan fingerprint density at radius 3 is 2.89 bits per heavy atom. The molecule has 0 aliphatic rings. The Morgan fingerprint density at radius 1 is 1.42 bits per heavy atom. The topological polar surface area (TPSA) is 34.1 Å². The van der Waals surface area contributed by atoms with Gasteiger partial charge in [0.05, 0.1) is 17.7 Å². The number of nitrogens with zero attached hydrogens (tertiary/aromatic N) is 1. The van der Waals surface area contributed by atoms with Crippen LogP contribution >= 0.6 is 22.9 Å². The van der Waals surface area contributed by atoms with E-state index in [0.29, 0.717) is 11.1 Å². The Bertz CT molecular complexity index is 554. The number of methoxy groups -OCH3 is 1. The van der Waals surface area contributed by atoms with E-state index in [-0.39, 0.29) is 0 Å². The molecule has 1 heterocycles. The molecule has 0 amide bonds. The highest BCUT2D eigenvalue weighted by molar-refractivity contribution is 7.15. The summed E-state index contributed by atoms with van der Waals surface area (Å²) < 4.78 is 5.35. The van der Waals surface area contributed by atoms with Crippen molar-refractivity contribution in [2.24, 2.45) is 0 Å². The predicted octanol–water partition coefficient (Wildman–Crippen LogP) is 3.97. The van der Waals surface area contributed by atoms with Gasteiger partial charge in [0.1, 0.15) is 10.8 Å². The zero-order valence-electron chi connectivity index (χ0n) is 11.2. The molecule has 0 radical (unpaired) electrons. The van der Waals surface area contributed by atoms with E-state index in [4.69, 9.17) is 16.3 Å². The molecule has 0 fully saturated rings. The Balaban J connectivity index is 2.28. The maximum absolute atomic E-state index is 6.25. The van der Waals surface area contributed by atoms with Gasteiger partial charge in [-0.1, -0.05) is 31.5 Å². The number of hydrogen-bond acceptors (Lipinski definition) is 4. The van der Waals surface area contributed by atoms with Crippen molar-refractivity contribution in [2.75, 3.05) is 7.11 Å². The van der Waals surface area contributed by atoms with E-state index in [1.807, 2.05) is 24.4 Å². The van der Waals surface area contributed by atoms with Crippen molar-refractivity contribution < 1.29 is 4.74 Å². The molecule has 0 aliphatic carbocycles. The smallest absolute Gasteiger partial charge is 0.130 e. The van der Waals surface area contributed by atoms with Crippen LogP contribution in [0, 0.1) is 0 Å². The third-order valence-electron chi connectivity index (χ3n) is 2.65. The maximum Gasteiger partial charge on any atom is 0.130 e. The average Bonchev–Trinajstić information content (AvgIpc) is 2.84. The third-order valence-corrected chi connectivity index (χ3v) is 3.98. The fourth-order valence-electron chi connectivity index (χ4n) is 1.69. The van der Waals surface area contributed by atoms with Gasteiger partial charge in [-0.3, -0.25) is 0 Å². The standard InChI is InChI=1S/C14H17ClN2OS/c1-9(2)16-7-10-8-17-14(19-10)13-11(15)5-4-6-12(13)18-3/h4-6,8-9,16H,7H2,1-3H3. The van der Waals surface area contributed by atoms with Gasteiger partial charge in [-0.2, -0.15) is 0 Å². The van der Waals surface area contributed by atoms with Crippen molar-refractivity contribution in [1.82, 2.24) is 10.3 Å². The van der Waals surface area contributed by atoms with E-state index < -0.39 is 0 Å². The van der Waals surface area contributed by atoms with Gasteiger partial charge in [0, 0.05) is 23.7 Å². The number of halogens is 1. The monoisotopic (exact) mass is 296 g/mol. The number of aromatic nitrogens is 1. The summed E-state index contributed by atoms with van der Waals surface area (Å²) >= 11 is 7.88. The summed E-state index contributed by atoms with van der Waals surface area (Å²) in [7, 11) is 1.64. The second-order valence-electron chi connectivity index (χ2n) is 4.48. The molecule has 0 saturated carbocycles. The Hall–Kier alpha value is -1.10. The van der Waals surface area contributed by atoms with Crippen LogP contribution in [-0.4, -0.2) is 18.1 Å². The highest BCUT2D eigenvalue weighted by Crippen LogP contribution is 2.38. The summed E-state index contributed by atoms with van der Waals surface area (Å²) in [5.74, 6) is 0.755. The molecular formula is C14H17ClN2OS. The minimum Gasteiger partial charge on any atom is -0.496 e. The quantitative estimate of drug-likeness (QED) is 0.906. The highest BCUT2D eigenvalue weighted by atomic mass is 35.5. The van der Waals surface area contributed by atoms with E-state index in [0.717, 1.165) is 22.9 Å². The highest BCUT2D eigenvalue weighted by Gasteiger charge is 2.14. The zero-order chi connectivity index (χ0) is 13.8. The van der Waals surface area contributed by atoms with Crippen LogP contribution in [0.3, 0.4) is 0 Å². The minimum atomic E-state index is 0.459. The molecule has 0 saturated heterocycles. The first kappa shape index (κ1) is 14.3. The fourth-order valence-corrected chi connectivity index (χ4v) is 2.93. The molecule has 102 valence electrons. The van der Waals surface area contributed by atoms with Crippen LogP contribution in [0.2, 0.25) is 5.02 Å². The first-order chi connectivity index (χ1) is 9.11. The van der Waals surface area contributed by atoms with Gasteiger partial charge in [0.15, 0.2) is 0 Å². The number of hydrogen-bond donors (Lipinski definition) is 1. The summed E-state index contributed by atoms with van der Waals surface area (Å²) in [6.07, 6.45) is 1.89. The van der Waals surface area contributed by atoms with Crippen molar-refractivity contribution in [3.05, 3.63) is 34.3 Å². The van der Waals surface area contributed by atoms with Crippen molar-refractivity contribution in [3.63, 3.8) is 0 Å². The second-order valence-corrected chi connectivity index (χ2v) is 6.01. The molecule has 2 aromatic rings. The normalized spacial score (nSPS) is 11.0. The zero-order valence-corrected chi connectivity index (χ0v) is 12.8. The molecular weight excluding hydrogens is 280 g/mol. The lowest BCUT2D eigenvalue weighted by Crippen LogP contribution is -2.21. The van der Waals surface area contributed by atoms with Gasteiger partial charge >= 0.3 is 0 Å². The van der Waals surface area contributed by atoms with E-state index in [9.17, 15) is 0 Å². The lowest BCUT2D eigenvalue weighted by atomic mass is 10.2. The number of thiazole rings is 1. The SMILES string of the molecule is COc1cccc(Cl)c1-c1ncc(CNC(C)C)s1. The van der Waals surface area contributed by atoms with Crippen molar-refractivity contribution in [3.8, 4) is 16.3 Å². The molecule has 2 rings (SSSR count). The molecule has 3 nitrogen and oxygen atoms in total. The predicted molar refractivity (Wildman–Crippen MR) is 81.1 cm³/mol. The maximum atomic E-state index is 6.25. The largest absolute Gasteiger partial charge is 0.496 e. The lowest BCUT2D eigenvalue weighted by Gasteiger charge is -2.07. The van der Waals surface area contributed by atoms with Crippen LogP contribution in [0.15, 0.2) is 24.4 Å². The summed E-state index contributed by atoms with van der Waals surface area (Å²) in [5.41, 5.74) is 0.868. The van der Waals surface area contributed by atoms with Crippen molar-refractivity contribution in [2.45, 2.75) is 26.4 Å². The molecule has 0 bridgehead atoms. The molecule has 0 atom stereocenters. The number of benzene rings is 1. The molecule has 5 heteroatoms. The fraction of sp³-hybridized carbons (Fsp3) is 0.357. The van der Waals surface area contributed by atoms with E-state index >= 15 is 0 Å². The first-order valence-electron chi connectivity index (χ1n) is 6.12. The van der Waals surface area contributed by atoms with E-state index in [1.54, 1.807) is 18.4 Å². The van der Waals surface area contributed by atoms with Gasteiger partial charge < -0.3 is 10.1 Å². The summed E-state index contributed by atoms with van der Waals surface area (Å²) in [5, 5.41) is 4.93. The van der Waals surface area contributed by atoms with Gasteiger partial charge in [-0.05, 0) is 12.1 Å². The van der Waals surface area contributed by atoms with E-state index in [2.05, 4.69) is 24.1 Å². The summed E-state index contributed by atoms with van der Waals surface area (Å²) in [6, 6.07) is 6.08. The van der Waals surface area contributed by atoms with Gasteiger partial charge in [-0.25, -0.2) is 4.98 Å². The Kier molecular flexibility index (Phi) is 4.80. The molecule has 0 aliphatic heterocycles. The Labute approximate surface area is 122 Å². The average molecular weight is 297 g/mol. The molecule has 1 aromatic heterocycles. The van der Waals surface area contributed by atoms with Crippen molar-refractivity contribution in [1.29, 1.82) is 0 Å². The van der Waals surface area contributed by atoms with E-state index in [1.165, 1.54) is 4.88 Å². The number of nitrogens with one attached hydrogen (secondary N) is 1. The summed E-state index contributed by atoms with van der Waals surface area (Å²) in [4.78, 5) is 5.63. The summed E-state index contributed by atoms with van der Waals surface area (Å²) in [6.45, 7) is 5.07. The Morgan fingerprint density at radius 2 is 2.21 bits per heavy atom.